The average molecular weight is 611 g/mol. The number of piperazine rings is 1. The second kappa shape index (κ2) is 13.3. The highest BCUT2D eigenvalue weighted by Crippen LogP contribution is 2.36. The Bertz CT molecular complexity index is 1710. The Balaban J connectivity index is 1.28. The predicted molar refractivity (Wildman–Crippen MR) is 172 cm³/mol. The van der Waals surface area contributed by atoms with E-state index in [0.29, 0.717) is 47.6 Å². The van der Waals surface area contributed by atoms with Gasteiger partial charge in [-0.15, -0.1) is 0 Å². The van der Waals surface area contributed by atoms with Crippen molar-refractivity contribution in [3.63, 3.8) is 0 Å². The SMILES string of the molecule is COc1cc(OC)cc(C(CC(=O)N2CCN(c3cccc(Cl)c3)CC2)c2cnc3c(OCc4ccccc4)cccn23)c1. The molecular formula is C35H35ClN4O4. The number of pyridine rings is 1. The quantitative estimate of drug-likeness (QED) is 0.181. The van der Waals surface area contributed by atoms with E-state index in [9.17, 15) is 4.79 Å². The highest BCUT2D eigenvalue weighted by Gasteiger charge is 2.28. The summed E-state index contributed by atoms with van der Waals surface area (Å²) in [5.41, 5.74) is 4.63. The molecule has 1 saturated heterocycles. The van der Waals surface area contributed by atoms with Gasteiger partial charge in [0.15, 0.2) is 11.4 Å². The standard InChI is InChI=1S/C35H35ClN4O4/c1-42-29-18-26(19-30(21-29)43-2)31(22-34(41)39-16-14-38(15-17-39)28-11-6-10-27(36)20-28)32-23-37-35-33(12-7-13-40(32)35)44-24-25-8-4-3-5-9-25/h3-13,18-21,23,31H,14-17,22,24H2,1-2H3. The molecule has 2 aromatic heterocycles. The zero-order valence-electron chi connectivity index (χ0n) is 24.9. The lowest BCUT2D eigenvalue weighted by Crippen LogP contribution is -2.49. The summed E-state index contributed by atoms with van der Waals surface area (Å²) >= 11 is 6.22. The van der Waals surface area contributed by atoms with Crippen LogP contribution in [0.3, 0.4) is 0 Å². The van der Waals surface area contributed by atoms with E-state index >= 15 is 0 Å². The fourth-order valence-corrected chi connectivity index (χ4v) is 5.91. The molecule has 3 heterocycles. The summed E-state index contributed by atoms with van der Waals surface area (Å²) in [5, 5.41) is 0.708. The number of amides is 1. The van der Waals surface area contributed by atoms with Crippen LogP contribution in [0.5, 0.6) is 17.2 Å². The van der Waals surface area contributed by atoms with Gasteiger partial charge >= 0.3 is 0 Å². The molecule has 0 spiro atoms. The number of methoxy groups -OCH3 is 2. The number of anilines is 1. The Morgan fingerprint density at radius 2 is 1.64 bits per heavy atom. The first-order chi connectivity index (χ1) is 21.5. The number of carbonyl (C=O) groups is 1. The van der Waals surface area contributed by atoms with Crippen LogP contribution >= 0.6 is 11.6 Å². The minimum absolute atomic E-state index is 0.0777. The van der Waals surface area contributed by atoms with Gasteiger partial charge < -0.3 is 28.4 Å². The number of carbonyl (C=O) groups excluding carboxylic acids is 1. The molecule has 3 aromatic carbocycles. The molecule has 5 aromatic rings. The van der Waals surface area contributed by atoms with Crippen LogP contribution in [0.2, 0.25) is 5.02 Å². The van der Waals surface area contributed by atoms with Gasteiger partial charge in [0.2, 0.25) is 5.91 Å². The number of aromatic nitrogens is 2. The van der Waals surface area contributed by atoms with E-state index in [4.69, 9.17) is 30.8 Å². The molecule has 1 amide bonds. The van der Waals surface area contributed by atoms with Crippen molar-refractivity contribution in [1.29, 1.82) is 0 Å². The summed E-state index contributed by atoms with van der Waals surface area (Å²) in [5.74, 6) is 1.76. The molecule has 1 fully saturated rings. The van der Waals surface area contributed by atoms with Crippen molar-refractivity contribution in [2.75, 3.05) is 45.3 Å². The molecule has 0 aliphatic carbocycles. The molecule has 1 aliphatic rings. The monoisotopic (exact) mass is 610 g/mol. The van der Waals surface area contributed by atoms with Crippen molar-refractivity contribution in [2.45, 2.75) is 18.9 Å². The molecule has 9 heteroatoms. The third-order valence-electron chi connectivity index (χ3n) is 8.08. The molecule has 1 atom stereocenters. The van der Waals surface area contributed by atoms with Crippen LogP contribution in [0, 0.1) is 0 Å². The van der Waals surface area contributed by atoms with E-state index in [1.807, 2.05) is 101 Å². The van der Waals surface area contributed by atoms with Gasteiger partial charge in [-0.05, 0) is 53.6 Å². The Kier molecular flexibility index (Phi) is 8.89. The summed E-state index contributed by atoms with van der Waals surface area (Å²) in [6, 6.07) is 27.5. The first kappa shape index (κ1) is 29.4. The number of rotatable bonds is 10. The van der Waals surface area contributed by atoms with E-state index < -0.39 is 0 Å². The maximum atomic E-state index is 13.9. The van der Waals surface area contributed by atoms with Crippen molar-refractivity contribution in [2.24, 2.45) is 0 Å². The highest BCUT2D eigenvalue weighted by molar-refractivity contribution is 6.30. The smallest absolute Gasteiger partial charge is 0.223 e. The summed E-state index contributed by atoms with van der Waals surface area (Å²) in [6.07, 6.45) is 4.06. The Labute approximate surface area is 262 Å². The van der Waals surface area contributed by atoms with Crippen molar-refractivity contribution in [3.8, 4) is 17.2 Å². The lowest BCUT2D eigenvalue weighted by atomic mass is 9.91. The van der Waals surface area contributed by atoms with Crippen molar-refractivity contribution >= 4 is 28.8 Å². The predicted octanol–water partition coefficient (Wildman–Crippen LogP) is 6.45. The van der Waals surface area contributed by atoms with Crippen LogP contribution in [0.25, 0.3) is 5.65 Å². The molecule has 0 saturated carbocycles. The van der Waals surface area contributed by atoms with Crippen molar-refractivity contribution < 1.29 is 19.0 Å². The third-order valence-corrected chi connectivity index (χ3v) is 8.32. The van der Waals surface area contributed by atoms with Gasteiger partial charge in [0, 0.05) is 67.7 Å². The summed E-state index contributed by atoms with van der Waals surface area (Å²) < 4.78 is 19.4. The number of halogens is 1. The molecule has 8 nitrogen and oxygen atoms in total. The summed E-state index contributed by atoms with van der Waals surface area (Å²) in [7, 11) is 3.26. The van der Waals surface area contributed by atoms with Crippen LogP contribution in [0.15, 0.2) is 97.3 Å². The number of imidazole rings is 1. The maximum absolute atomic E-state index is 13.9. The lowest BCUT2D eigenvalue weighted by molar-refractivity contribution is -0.131. The van der Waals surface area contributed by atoms with Gasteiger partial charge in [-0.1, -0.05) is 48.0 Å². The normalized spacial score (nSPS) is 14.0. The Hall–Kier alpha value is -4.69. The number of fused-ring (bicyclic) bond motifs is 1. The number of ether oxygens (including phenoxy) is 3. The number of hydrogen-bond donors (Lipinski definition) is 0. The lowest BCUT2D eigenvalue weighted by Gasteiger charge is -2.36. The van der Waals surface area contributed by atoms with Gasteiger partial charge in [0.05, 0.1) is 19.9 Å². The fourth-order valence-electron chi connectivity index (χ4n) is 5.72. The minimum atomic E-state index is -0.308. The average Bonchev–Trinajstić information content (AvgIpc) is 3.51. The first-order valence-corrected chi connectivity index (χ1v) is 15.0. The van der Waals surface area contributed by atoms with E-state index in [1.54, 1.807) is 14.2 Å². The topological polar surface area (TPSA) is 68.5 Å². The number of benzene rings is 3. The van der Waals surface area contributed by atoms with Crippen molar-refractivity contribution in [1.82, 2.24) is 14.3 Å². The molecule has 0 radical (unpaired) electrons. The van der Waals surface area contributed by atoms with E-state index in [-0.39, 0.29) is 18.2 Å². The molecule has 1 aliphatic heterocycles. The Morgan fingerprint density at radius 3 is 2.34 bits per heavy atom. The molecule has 0 bridgehead atoms. The van der Waals surface area contributed by atoms with Crippen molar-refractivity contribution in [3.05, 3.63) is 119 Å². The van der Waals surface area contributed by atoms with E-state index in [1.165, 1.54) is 0 Å². The van der Waals surface area contributed by atoms with Crippen LogP contribution < -0.4 is 19.1 Å². The molecule has 44 heavy (non-hydrogen) atoms. The second-order valence-electron chi connectivity index (χ2n) is 10.8. The molecular weight excluding hydrogens is 576 g/mol. The number of nitrogens with zero attached hydrogens (tertiary/aromatic N) is 4. The van der Waals surface area contributed by atoms with Gasteiger partial charge in [0.1, 0.15) is 18.1 Å². The van der Waals surface area contributed by atoms with Crippen LogP contribution in [0.4, 0.5) is 5.69 Å². The molecule has 0 N–H and O–H groups in total. The first-order valence-electron chi connectivity index (χ1n) is 14.7. The van der Waals surface area contributed by atoms with E-state index in [0.717, 1.165) is 35.6 Å². The zero-order chi connectivity index (χ0) is 30.5. The van der Waals surface area contributed by atoms with Crippen LogP contribution in [-0.4, -0.2) is 60.6 Å². The number of hydrogen-bond acceptors (Lipinski definition) is 6. The summed E-state index contributed by atoms with van der Waals surface area (Å²) in [4.78, 5) is 22.9. The zero-order valence-corrected chi connectivity index (χ0v) is 25.6. The van der Waals surface area contributed by atoms with Gasteiger partial charge in [-0.2, -0.15) is 0 Å². The minimum Gasteiger partial charge on any atom is -0.497 e. The highest BCUT2D eigenvalue weighted by atomic mass is 35.5. The van der Waals surface area contributed by atoms with Crippen LogP contribution in [-0.2, 0) is 11.4 Å². The maximum Gasteiger partial charge on any atom is 0.223 e. The van der Waals surface area contributed by atoms with Gasteiger partial charge in [-0.25, -0.2) is 4.98 Å². The third kappa shape index (κ3) is 6.45. The molecule has 226 valence electrons. The largest absolute Gasteiger partial charge is 0.497 e. The molecule has 6 rings (SSSR count). The fraction of sp³-hybridized carbons (Fsp3) is 0.257. The van der Waals surface area contributed by atoms with Crippen LogP contribution in [0.1, 0.15) is 29.2 Å². The summed E-state index contributed by atoms with van der Waals surface area (Å²) in [6.45, 7) is 3.16. The van der Waals surface area contributed by atoms with Gasteiger partial charge in [-0.3, -0.25) is 4.79 Å². The van der Waals surface area contributed by atoms with E-state index in [2.05, 4.69) is 11.0 Å². The van der Waals surface area contributed by atoms with Gasteiger partial charge in [0.25, 0.3) is 0 Å². The Morgan fingerprint density at radius 1 is 0.886 bits per heavy atom. The second-order valence-corrected chi connectivity index (χ2v) is 11.2. The molecule has 1 unspecified atom stereocenters.